The van der Waals surface area contributed by atoms with Crippen LogP contribution in [0.1, 0.15) is 33.4 Å². The number of likely N-dealkylation sites (tertiary alicyclic amines) is 1. The second kappa shape index (κ2) is 11.4. The second-order valence-corrected chi connectivity index (χ2v) is 13.8. The summed E-state index contributed by atoms with van der Waals surface area (Å²) in [5.74, 6) is -2.21. The zero-order valence-corrected chi connectivity index (χ0v) is 27.4. The van der Waals surface area contributed by atoms with E-state index in [1.807, 2.05) is 110 Å². The van der Waals surface area contributed by atoms with Gasteiger partial charge in [-0.3, -0.25) is 19.3 Å². The van der Waals surface area contributed by atoms with Crippen LogP contribution in [0.2, 0.25) is 0 Å². The molecule has 8 heteroatoms. The van der Waals surface area contributed by atoms with E-state index >= 15 is 0 Å². The summed E-state index contributed by atoms with van der Waals surface area (Å²) in [6.07, 6.45) is 0.114. The number of ether oxygens (including phenoxy) is 1. The summed E-state index contributed by atoms with van der Waals surface area (Å²) in [5.41, 5.74) is 5.21. The van der Waals surface area contributed by atoms with Crippen molar-refractivity contribution < 1.29 is 19.1 Å². The van der Waals surface area contributed by atoms with Crippen LogP contribution in [0.5, 0.6) is 11.5 Å². The van der Waals surface area contributed by atoms with E-state index in [-0.39, 0.29) is 6.42 Å². The minimum absolute atomic E-state index is 0.114. The van der Waals surface area contributed by atoms with E-state index in [9.17, 15) is 14.4 Å². The normalized spacial score (nSPS) is 24.0. The van der Waals surface area contributed by atoms with E-state index in [0.717, 1.165) is 16.0 Å². The third-order valence-electron chi connectivity index (χ3n) is 9.85. The van der Waals surface area contributed by atoms with Gasteiger partial charge in [0.15, 0.2) is 0 Å². The third kappa shape index (κ3) is 4.50. The van der Waals surface area contributed by atoms with E-state index in [1.165, 1.54) is 0 Å². The zero-order valence-electron chi connectivity index (χ0n) is 25.9. The first-order valence-electron chi connectivity index (χ1n) is 15.9. The smallest absolute Gasteiger partial charge is 0.248 e. The number of nitrogens with one attached hydrogen (secondary N) is 1. The van der Waals surface area contributed by atoms with Crippen LogP contribution in [0.3, 0.4) is 0 Å². The molecule has 5 aromatic carbocycles. The Hall–Kier alpha value is -4.91. The molecule has 3 aliphatic carbocycles. The van der Waals surface area contributed by atoms with E-state index < -0.39 is 45.3 Å². The van der Waals surface area contributed by atoms with Gasteiger partial charge in [0.25, 0.3) is 0 Å². The highest BCUT2D eigenvalue weighted by molar-refractivity contribution is 6.36. The lowest BCUT2D eigenvalue weighted by Crippen LogP contribution is -2.57. The maximum atomic E-state index is 14.7. The molecule has 5 aromatic rings. The fraction of sp³-hybridized carbons (Fsp3) is 0.175. The number of amides is 3. The maximum Gasteiger partial charge on any atom is 0.248 e. The number of rotatable bonds is 7. The quantitative estimate of drug-likeness (QED) is 0.141. The van der Waals surface area contributed by atoms with Crippen LogP contribution in [0.4, 0.5) is 5.69 Å². The summed E-state index contributed by atoms with van der Waals surface area (Å²) >= 11 is 15.3. The van der Waals surface area contributed by atoms with Gasteiger partial charge >= 0.3 is 0 Å². The van der Waals surface area contributed by atoms with E-state index in [4.69, 9.17) is 27.9 Å². The fourth-order valence-corrected chi connectivity index (χ4v) is 8.88. The monoisotopic (exact) mass is 672 g/mol. The van der Waals surface area contributed by atoms with Gasteiger partial charge in [-0.2, -0.15) is 0 Å². The van der Waals surface area contributed by atoms with Crippen molar-refractivity contribution in [3.05, 3.63) is 161 Å². The Bertz CT molecular complexity index is 1980. The predicted octanol–water partition coefficient (Wildman–Crippen LogP) is 7.93. The number of alkyl halides is 2. The summed E-state index contributed by atoms with van der Waals surface area (Å²) in [7, 11) is 0. The largest absolute Gasteiger partial charge is 0.457 e. The summed E-state index contributed by atoms with van der Waals surface area (Å²) in [4.78, 5) is 42.1. The lowest BCUT2D eigenvalue weighted by Gasteiger charge is -2.54. The molecule has 9 rings (SSSR count). The minimum atomic E-state index is -1.34. The molecule has 238 valence electrons. The second-order valence-electron chi connectivity index (χ2n) is 12.7. The van der Waals surface area contributed by atoms with Crippen LogP contribution in [-0.2, 0) is 30.6 Å². The highest BCUT2D eigenvalue weighted by atomic mass is 35.5. The average Bonchev–Trinajstić information content (AvgIpc) is 3.37. The third-order valence-corrected chi connectivity index (χ3v) is 11.1. The van der Waals surface area contributed by atoms with Crippen molar-refractivity contribution in [2.24, 2.45) is 11.8 Å². The summed E-state index contributed by atoms with van der Waals surface area (Å²) in [5, 5.41) is 2.95. The standard InChI is InChI=1S/C40H30Cl2N2O4/c1-24-10-9-13-28(22-24)48-27-20-18-26(19-21-27)43-36(45)33(23-25-11-3-2-4-12-25)44-37(46)34-35(38(44)47)40(42)30-15-6-5-14-29(30)39(34,41)31-16-7-8-17-32(31)40/h2-22,33-35H,23H2,1H3,(H,43,45)/t33-,34-,35+,39?,40?/m0/s1. The Morgan fingerprint density at radius 1 is 0.708 bits per heavy atom. The van der Waals surface area contributed by atoms with Crippen molar-refractivity contribution in [2.45, 2.75) is 29.1 Å². The van der Waals surface area contributed by atoms with Crippen molar-refractivity contribution in [3.63, 3.8) is 0 Å². The summed E-state index contributed by atoms with van der Waals surface area (Å²) < 4.78 is 5.97. The number of aryl methyl sites for hydroxylation is 1. The number of hydrogen-bond donors (Lipinski definition) is 1. The lowest BCUT2D eigenvalue weighted by atomic mass is 9.54. The van der Waals surface area contributed by atoms with Gasteiger partial charge < -0.3 is 10.1 Å². The molecule has 0 unspecified atom stereocenters. The molecule has 6 nitrogen and oxygen atoms in total. The van der Waals surface area contributed by atoms with E-state index in [2.05, 4.69) is 5.32 Å². The van der Waals surface area contributed by atoms with Crippen LogP contribution in [0.25, 0.3) is 0 Å². The number of hydrogen-bond acceptors (Lipinski definition) is 4. The van der Waals surface area contributed by atoms with Crippen LogP contribution < -0.4 is 10.1 Å². The summed E-state index contributed by atoms with van der Waals surface area (Å²) in [6, 6.07) is 37.9. The predicted molar refractivity (Wildman–Crippen MR) is 185 cm³/mol. The molecule has 2 bridgehead atoms. The van der Waals surface area contributed by atoms with Gasteiger partial charge in [-0.1, -0.05) is 91.0 Å². The molecule has 0 spiro atoms. The SMILES string of the molecule is Cc1cccc(Oc2ccc(NC(=O)[C@H](Cc3ccccc3)N3C(=O)[C@@H]4[C@H](C3=O)C3(Cl)c5ccccc5C4(Cl)c4ccccc43)cc2)c1. The number of imide groups is 1. The molecule has 1 fully saturated rings. The van der Waals surface area contributed by atoms with Gasteiger partial charge in [-0.25, -0.2) is 0 Å². The van der Waals surface area contributed by atoms with Crippen LogP contribution >= 0.6 is 23.2 Å². The molecule has 1 N–H and O–H groups in total. The number of anilines is 1. The van der Waals surface area contributed by atoms with Crippen molar-refractivity contribution in [3.8, 4) is 11.5 Å². The number of nitrogens with zero attached hydrogens (tertiary/aromatic N) is 1. The maximum absolute atomic E-state index is 14.7. The van der Waals surface area contributed by atoms with Crippen molar-refractivity contribution >= 4 is 46.6 Å². The van der Waals surface area contributed by atoms with E-state index in [0.29, 0.717) is 39.4 Å². The Morgan fingerprint density at radius 3 is 1.75 bits per heavy atom. The molecule has 1 heterocycles. The van der Waals surface area contributed by atoms with Crippen molar-refractivity contribution in [2.75, 3.05) is 5.32 Å². The molecule has 4 aliphatic rings. The van der Waals surface area contributed by atoms with Crippen molar-refractivity contribution in [1.82, 2.24) is 4.90 Å². The molecular weight excluding hydrogens is 643 g/mol. The molecule has 0 radical (unpaired) electrons. The van der Waals surface area contributed by atoms with Gasteiger partial charge in [0, 0.05) is 12.1 Å². The van der Waals surface area contributed by atoms with Gasteiger partial charge in [0.1, 0.15) is 27.3 Å². The zero-order chi connectivity index (χ0) is 33.2. The van der Waals surface area contributed by atoms with Crippen LogP contribution in [0.15, 0.2) is 127 Å². The Kier molecular flexibility index (Phi) is 7.20. The van der Waals surface area contributed by atoms with Gasteiger partial charge in [-0.05, 0) is 76.7 Å². The lowest BCUT2D eigenvalue weighted by molar-refractivity contribution is -0.146. The molecular formula is C40H30Cl2N2O4. The highest BCUT2D eigenvalue weighted by Gasteiger charge is 2.73. The van der Waals surface area contributed by atoms with Crippen LogP contribution in [-0.4, -0.2) is 28.7 Å². The molecule has 1 saturated heterocycles. The van der Waals surface area contributed by atoms with Crippen LogP contribution in [0, 0.1) is 18.8 Å². The van der Waals surface area contributed by atoms with Gasteiger partial charge in [0.2, 0.25) is 17.7 Å². The number of carbonyl (C=O) groups is 3. The topological polar surface area (TPSA) is 75.7 Å². The first kappa shape index (κ1) is 30.4. The average molecular weight is 674 g/mol. The first-order valence-corrected chi connectivity index (χ1v) is 16.6. The molecule has 48 heavy (non-hydrogen) atoms. The Balaban J connectivity index is 1.15. The molecule has 1 aliphatic heterocycles. The number of carbonyl (C=O) groups excluding carboxylic acids is 3. The highest BCUT2D eigenvalue weighted by Crippen LogP contribution is 2.69. The Labute approximate surface area is 288 Å². The number of halogens is 2. The molecule has 3 atom stereocenters. The molecule has 0 saturated carbocycles. The molecule has 3 amide bonds. The van der Waals surface area contributed by atoms with E-state index in [1.54, 1.807) is 24.3 Å². The Morgan fingerprint density at radius 2 is 1.23 bits per heavy atom. The number of benzene rings is 5. The first-order chi connectivity index (χ1) is 23.2. The minimum Gasteiger partial charge on any atom is -0.457 e. The van der Waals surface area contributed by atoms with Gasteiger partial charge in [0.05, 0.1) is 11.8 Å². The summed E-state index contributed by atoms with van der Waals surface area (Å²) in [6.45, 7) is 1.99. The van der Waals surface area contributed by atoms with Gasteiger partial charge in [-0.15, -0.1) is 23.2 Å². The van der Waals surface area contributed by atoms with Crippen molar-refractivity contribution in [1.29, 1.82) is 0 Å². The fourth-order valence-electron chi connectivity index (χ4n) is 7.78. The molecule has 0 aromatic heterocycles.